The highest BCUT2D eigenvalue weighted by molar-refractivity contribution is 5.66. The van der Waals surface area contributed by atoms with E-state index in [0.717, 1.165) is 29.2 Å². The summed E-state index contributed by atoms with van der Waals surface area (Å²) in [4.78, 5) is 4.26. The third kappa shape index (κ3) is 2.97. The fourth-order valence-electron chi connectivity index (χ4n) is 1.64. The Bertz CT molecular complexity index is 503. The third-order valence-corrected chi connectivity index (χ3v) is 2.66. The number of hydrogen-bond donors (Lipinski definition) is 2. The summed E-state index contributed by atoms with van der Waals surface area (Å²) in [5, 5.41) is 3.31. The highest BCUT2D eigenvalue weighted by Crippen LogP contribution is 2.20. The molecule has 0 aliphatic heterocycles. The number of nitrogens with zero attached hydrogens (tertiary/aromatic N) is 1. The van der Waals surface area contributed by atoms with Gasteiger partial charge < -0.3 is 11.1 Å². The van der Waals surface area contributed by atoms with Gasteiger partial charge in [0.15, 0.2) is 0 Å². The summed E-state index contributed by atoms with van der Waals surface area (Å²) in [5.74, 6) is 0. The van der Waals surface area contributed by atoms with Crippen molar-refractivity contribution in [3.8, 4) is 0 Å². The lowest BCUT2D eigenvalue weighted by Gasteiger charge is -2.09. The normalized spacial score (nSPS) is 10.2. The molecule has 0 spiro atoms. The van der Waals surface area contributed by atoms with Crippen LogP contribution in [0.3, 0.4) is 0 Å². The van der Waals surface area contributed by atoms with E-state index in [-0.39, 0.29) is 0 Å². The van der Waals surface area contributed by atoms with Crippen molar-refractivity contribution in [2.75, 3.05) is 11.1 Å². The molecule has 17 heavy (non-hydrogen) atoms. The zero-order chi connectivity index (χ0) is 12.3. The number of hydrogen-bond acceptors (Lipinski definition) is 3. The molecule has 0 radical (unpaired) electrons. The summed E-state index contributed by atoms with van der Waals surface area (Å²) in [7, 11) is 0. The molecule has 1 aromatic heterocycles. The minimum atomic E-state index is 0.737. The van der Waals surface area contributed by atoms with Gasteiger partial charge in [-0.15, -0.1) is 0 Å². The number of rotatable bonds is 3. The van der Waals surface area contributed by atoms with Crippen LogP contribution in [0.15, 0.2) is 36.5 Å². The van der Waals surface area contributed by atoms with Crippen LogP contribution in [0, 0.1) is 13.8 Å². The highest BCUT2D eigenvalue weighted by Gasteiger charge is 1.99. The standard InChI is InChI=1S/C14H17N3/c1-10-3-6-14(13(15)7-10)17-9-12-5-4-11(2)16-8-12/h3-8,17H,9,15H2,1-2H3. The van der Waals surface area contributed by atoms with Crippen LogP contribution in [-0.2, 0) is 6.54 Å². The summed E-state index contributed by atoms with van der Waals surface area (Å²) in [6, 6.07) is 10.1. The van der Waals surface area contributed by atoms with Gasteiger partial charge in [-0.25, -0.2) is 0 Å². The zero-order valence-electron chi connectivity index (χ0n) is 10.2. The third-order valence-electron chi connectivity index (χ3n) is 2.66. The van der Waals surface area contributed by atoms with Gasteiger partial charge in [0, 0.05) is 18.4 Å². The first-order chi connectivity index (χ1) is 8.15. The van der Waals surface area contributed by atoms with E-state index in [0.29, 0.717) is 0 Å². The molecule has 1 aromatic carbocycles. The Labute approximate surface area is 102 Å². The largest absolute Gasteiger partial charge is 0.397 e. The molecule has 3 heteroatoms. The summed E-state index contributed by atoms with van der Waals surface area (Å²) in [6.45, 7) is 4.75. The quantitative estimate of drug-likeness (QED) is 0.793. The monoisotopic (exact) mass is 227 g/mol. The van der Waals surface area contributed by atoms with Crippen molar-refractivity contribution in [1.82, 2.24) is 4.98 Å². The van der Waals surface area contributed by atoms with Crippen molar-refractivity contribution in [2.24, 2.45) is 0 Å². The molecule has 3 nitrogen and oxygen atoms in total. The second kappa shape index (κ2) is 4.87. The zero-order valence-corrected chi connectivity index (χ0v) is 10.2. The number of pyridine rings is 1. The fraction of sp³-hybridized carbons (Fsp3) is 0.214. The Balaban J connectivity index is 2.04. The average Bonchev–Trinajstić information content (AvgIpc) is 2.30. The molecule has 0 unspecified atom stereocenters. The topological polar surface area (TPSA) is 50.9 Å². The molecule has 2 rings (SSSR count). The summed E-state index contributed by atoms with van der Waals surface area (Å²) in [6.07, 6.45) is 1.88. The number of aryl methyl sites for hydroxylation is 2. The number of anilines is 2. The highest BCUT2D eigenvalue weighted by atomic mass is 14.9. The summed E-state index contributed by atoms with van der Waals surface area (Å²) < 4.78 is 0. The fourth-order valence-corrected chi connectivity index (χ4v) is 1.64. The van der Waals surface area contributed by atoms with Gasteiger partial charge in [0.05, 0.1) is 11.4 Å². The van der Waals surface area contributed by atoms with E-state index in [9.17, 15) is 0 Å². The van der Waals surface area contributed by atoms with Crippen molar-refractivity contribution < 1.29 is 0 Å². The van der Waals surface area contributed by atoms with Crippen LogP contribution in [0.2, 0.25) is 0 Å². The number of nitrogen functional groups attached to an aromatic ring is 1. The van der Waals surface area contributed by atoms with E-state index in [1.165, 1.54) is 5.56 Å². The van der Waals surface area contributed by atoms with E-state index < -0.39 is 0 Å². The molecule has 88 valence electrons. The van der Waals surface area contributed by atoms with Gasteiger partial charge in [-0.1, -0.05) is 12.1 Å². The second-order valence-corrected chi connectivity index (χ2v) is 4.25. The van der Waals surface area contributed by atoms with Crippen molar-refractivity contribution in [3.05, 3.63) is 53.3 Å². The Hall–Kier alpha value is -2.03. The SMILES string of the molecule is Cc1ccc(NCc2ccc(C)nc2)c(N)c1. The predicted molar refractivity (Wildman–Crippen MR) is 71.9 cm³/mol. The summed E-state index contributed by atoms with van der Waals surface area (Å²) >= 11 is 0. The number of benzene rings is 1. The molecule has 0 saturated heterocycles. The first-order valence-corrected chi connectivity index (χ1v) is 5.66. The molecule has 0 aliphatic rings. The maximum absolute atomic E-state index is 5.93. The van der Waals surface area contributed by atoms with Crippen LogP contribution in [-0.4, -0.2) is 4.98 Å². The molecule has 0 atom stereocenters. The number of aromatic nitrogens is 1. The van der Waals surface area contributed by atoms with Gasteiger partial charge in [-0.3, -0.25) is 4.98 Å². The van der Waals surface area contributed by atoms with Crippen molar-refractivity contribution in [1.29, 1.82) is 0 Å². The van der Waals surface area contributed by atoms with E-state index in [1.807, 2.05) is 44.3 Å². The molecule has 2 aromatic rings. The Morgan fingerprint density at radius 2 is 2.00 bits per heavy atom. The van der Waals surface area contributed by atoms with Crippen LogP contribution < -0.4 is 11.1 Å². The van der Waals surface area contributed by atoms with E-state index in [2.05, 4.69) is 16.4 Å². The smallest absolute Gasteiger partial charge is 0.0576 e. The Kier molecular flexibility index (Phi) is 3.28. The van der Waals surface area contributed by atoms with Crippen LogP contribution in [0.5, 0.6) is 0 Å². The van der Waals surface area contributed by atoms with Crippen LogP contribution >= 0.6 is 0 Å². The van der Waals surface area contributed by atoms with Gasteiger partial charge in [0.1, 0.15) is 0 Å². The molecular formula is C14H17N3. The van der Waals surface area contributed by atoms with Gasteiger partial charge in [0.2, 0.25) is 0 Å². The first-order valence-electron chi connectivity index (χ1n) is 5.66. The van der Waals surface area contributed by atoms with Crippen LogP contribution in [0.4, 0.5) is 11.4 Å². The first kappa shape index (κ1) is 11.5. The lowest BCUT2D eigenvalue weighted by molar-refractivity contribution is 1.09. The van der Waals surface area contributed by atoms with Crippen LogP contribution in [0.1, 0.15) is 16.8 Å². The minimum absolute atomic E-state index is 0.737. The van der Waals surface area contributed by atoms with Crippen molar-refractivity contribution in [2.45, 2.75) is 20.4 Å². The summed E-state index contributed by atoms with van der Waals surface area (Å²) in [5.41, 5.74) is 11.0. The van der Waals surface area contributed by atoms with Gasteiger partial charge >= 0.3 is 0 Å². The molecule has 0 fully saturated rings. The number of nitrogens with one attached hydrogen (secondary N) is 1. The Morgan fingerprint density at radius 3 is 2.65 bits per heavy atom. The van der Waals surface area contributed by atoms with Crippen molar-refractivity contribution in [3.63, 3.8) is 0 Å². The average molecular weight is 227 g/mol. The van der Waals surface area contributed by atoms with Crippen molar-refractivity contribution >= 4 is 11.4 Å². The van der Waals surface area contributed by atoms with Gasteiger partial charge in [-0.2, -0.15) is 0 Å². The Morgan fingerprint density at radius 1 is 1.18 bits per heavy atom. The minimum Gasteiger partial charge on any atom is -0.397 e. The molecule has 1 heterocycles. The second-order valence-electron chi connectivity index (χ2n) is 4.25. The molecule has 0 aliphatic carbocycles. The molecule has 0 amide bonds. The molecule has 3 N–H and O–H groups in total. The lowest BCUT2D eigenvalue weighted by Crippen LogP contribution is -2.03. The maximum atomic E-state index is 5.93. The van der Waals surface area contributed by atoms with E-state index in [4.69, 9.17) is 5.73 Å². The maximum Gasteiger partial charge on any atom is 0.0576 e. The van der Waals surface area contributed by atoms with Gasteiger partial charge in [-0.05, 0) is 43.2 Å². The lowest BCUT2D eigenvalue weighted by atomic mass is 10.2. The molecule has 0 bridgehead atoms. The van der Waals surface area contributed by atoms with E-state index >= 15 is 0 Å². The van der Waals surface area contributed by atoms with E-state index in [1.54, 1.807) is 0 Å². The molecular weight excluding hydrogens is 210 g/mol. The van der Waals surface area contributed by atoms with Crippen LogP contribution in [0.25, 0.3) is 0 Å². The number of nitrogens with two attached hydrogens (primary N) is 1. The molecule has 0 saturated carbocycles. The predicted octanol–water partition coefficient (Wildman–Crippen LogP) is 2.89. The van der Waals surface area contributed by atoms with Gasteiger partial charge in [0.25, 0.3) is 0 Å².